The highest BCUT2D eigenvalue weighted by molar-refractivity contribution is 5.84. The highest BCUT2D eigenvalue weighted by atomic mass is 19.1. The highest BCUT2D eigenvalue weighted by Crippen LogP contribution is 2.25. The van der Waals surface area contributed by atoms with Gasteiger partial charge in [-0.15, -0.1) is 0 Å². The van der Waals surface area contributed by atoms with E-state index < -0.39 is 11.6 Å². The number of hydrogen-bond acceptors (Lipinski definition) is 8. The second kappa shape index (κ2) is 9.74. The molecule has 9 nitrogen and oxygen atoms in total. The quantitative estimate of drug-likeness (QED) is 0.365. The van der Waals surface area contributed by atoms with Crippen molar-refractivity contribution in [1.29, 1.82) is 0 Å². The molecular weight excluding hydrogens is 396 g/mol. The minimum absolute atomic E-state index is 0.00620. The molecule has 4 N–H and O–H groups in total. The summed E-state index contributed by atoms with van der Waals surface area (Å²) in [7, 11) is 0. The van der Waals surface area contributed by atoms with Crippen molar-refractivity contribution in [1.82, 2.24) is 24.9 Å². The van der Waals surface area contributed by atoms with Gasteiger partial charge in [0.25, 0.3) is 0 Å². The molecule has 0 spiro atoms. The van der Waals surface area contributed by atoms with Gasteiger partial charge in [-0.05, 0) is 32.0 Å². The van der Waals surface area contributed by atoms with E-state index in [0.29, 0.717) is 17.0 Å². The lowest BCUT2D eigenvalue weighted by Crippen LogP contribution is -2.43. The number of aromatic nitrogens is 4. The van der Waals surface area contributed by atoms with Crippen LogP contribution in [-0.4, -0.2) is 56.0 Å². The number of aliphatic hydroxyl groups is 2. The van der Waals surface area contributed by atoms with E-state index in [0.717, 1.165) is 18.2 Å². The van der Waals surface area contributed by atoms with E-state index in [9.17, 15) is 13.9 Å². The Bertz CT molecular complexity index is 996. The molecule has 0 atom stereocenters. The fraction of sp³-hybridized carbons (Fsp3) is 0.421. The van der Waals surface area contributed by atoms with E-state index in [-0.39, 0.29) is 50.4 Å². The summed E-state index contributed by atoms with van der Waals surface area (Å²) in [6.45, 7) is 4.09. The van der Waals surface area contributed by atoms with Crippen molar-refractivity contribution in [2.45, 2.75) is 26.4 Å². The Kier molecular flexibility index (Phi) is 7.08. The zero-order valence-electron chi connectivity index (χ0n) is 16.8. The Hall–Kier alpha value is -2.89. The van der Waals surface area contributed by atoms with E-state index >= 15 is 0 Å². The number of imidazole rings is 1. The molecule has 0 amide bonds. The van der Waals surface area contributed by atoms with E-state index in [2.05, 4.69) is 25.7 Å². The van der Waals surface area contributed by atoms with Gasteiger partial charge in [0.1, 0.15) is 11.6 Å². The predicted molar refractivity (Wildman–Crippen MR) is 109 cm³/mol. The molecule has 0 bridgehead atoms. The van der Waals surface area contributed by atoms with Crippen LogP contribution in [0.4, 0.5) is 20.5 Å². The minimum atomic E-state index is -0.534. The molecule has 0 saturated heterocycles. The van der Waals surface area contributed by atoms with Crippen molar-refractivity contribution in [2.24, 2.45) is 0 Å². The first kappa shape index (κ1) is 21.8. The predicted octanol–water partition coefficient (Wildman–Crippen LogP) is 1.59. The highest BCUT2D eigenvalue weighted by Gasteiger charge is 2.18. The maximum Gasteiger partial charge on any atom is 0.244 e. The molecule has 30 heavy (non-hydrogen) atoms. The Morgan fingerprint density at radius 2 is 1.97 bits per heavy atom. The summed E-state index contributed by atoms with van der Waals surface area (Å²) in [5.41, 5.74) is 4.12. The maximum atomic E-state index is 14.0. The van der Waals surface area contributed by atoms with Gasteiger partial charge < -0.3 is 20.1 Å². The average molecular weight is 421 g/mol. The van der Waals surface area contributed by atoms with Crippen LogP contribution in [0.15, 0.2) is 24.5 Å². The Balaban J connectivity index is 2.01. The van der Waals surface area contributed by atoms with Crippen molar-refractivity contribution in [3.05, 3.63) is 41.7 Å². The summed E-state index contributed by atoms with van der Waals surface area (Å²) >= 11 is 0. The molecule has 0 unspecified atom stereocenters. The first-order valence-electron chi connectivity index (χ1n) is 9.59. The number of rotatable bonds is 10. The summed E-state index contributed by atoms with van der Waals surface area (Å²) < 4.78 is 29.4. The number of anilines is 2. The van der Waals surface area contributed by atoms with Gasteiger partial charge in [0.15, 0.2) is 17.0 Å². The van der Waals surface area contributed by atoms with Gasteiger partial charge in [0, 0.05) is 24.7 Å². The van der Waals surface area contributed by atoms with Crippen LogP contribution in [0.2, 0.25) is 0 Å². The SMILES string of the molecule is CC(C)n1cnc2c(NCc3cc(F)ccc3F)nc(N(CCO)NCCO)nc21. The summed E-state index contributed by atoms with van der Waals surface area (Å²) in [6, 6.07) is 3.32. The first-order chi connectivity index (χ1) is 14.4. The largest absolute Gasteiger partial charge is 0.395 e. The van der Waals surface area contributed by atoms with Crippen LogP contribution < -0.4 is 15.8 Å². The molecule has 0 aliphatic rings. The third-order valence-electron chi connectivity index (χ3n) is 4.40. The number of aliphatic hydroxyl groups excluding tert-OH is 2. The van der Waals surface area contributed by atoms with Crippen LogP contribution in [0, 0.1) is 11.6 Å². The average Bonchev–Trinajstić information content (AvgIpc) is 3.16. The maximum absolute atomic E-state index is 14.0. The van der Waals surface area contributed by atoms with Crippen LogP contribution >= 0.6 is 0 Å². The standard InChI is InChI=1S/C19H25F2N7O2/c1-12(2)27-11-23-16-17(22-10-13-9-14(20)3-4-15(13)21)25-19(26-18(16)27)28(6-8-30)24-5-7-29/h3-4,9,11-12,24,29-30H,5-8,10H2,1-2H3,(H,22,25,26). The van der Waals surface area contributed by atoms with Gasteiger partial charge in [-0.1, -0.05) is 0 Å². The zero-order chi connectivity index (χ0) is 21.7. The molecule has 3 rings (SSSR count). The molecule has 2 heterocycles. The molecule has 0 saturated carbocycles. The molecule has 0 radical (unpaired) electrons. The third-order valence-corrected chi connectivity index (χ3v) is 4.40. The topological polar surface area (TPSA) is 111 Å². The summed E-state index contributed by atoms with van der Waals surface area (Å²) in [5.74, 6) is -0.483. The van der Waals surface area contributed by atoms with Crippen molar-refractivity contribution >= 4 is 22.9 Å². The van der Waals surface area contributed by atoms with E-state index in [1.807, 2.05) is 18.4 Å². The fourth-order valence-corrected chi connectivity index (χ4v) is 2.92. The number of halogens is 2. The lowest BCUT2D eigenvalue weighted by molar-refractivity contribution is 0.275. The van der Waals surface area contributed by atoms with Crippen molar-refractivity contribution in [2.75, 3.05) is 36.6 Å². The number of benzene rings is 1. The molecule has 162 valence electrons. The number of hydrazine groups is 1. The molecule has 0 aliphatic heterocycles. The number of nitrogens with one attached hydrogen (secondary N) is 2. The van der Waals surface area contributed by atoms with Gasteiger partial charge in [-0.2, -0.15) is 9.97 Å². The lowest BCUT2D eigenvalue weighted by Gasteiger charge is -2.23. The van der Waals surface area contributed by atoms with Crippen LogP contribution in [0.5, 0.6) is 0 Å². The lowest BCUT2D eigenvalue weighted by atomic mass is 10.2. The van der Waals surface area contributed by atoms with Crippen LogP contribution in [0.1, 0.15) is 25.5 Å². The molecule has 3 aromatic rings. The normalized spacial score (nSPS) is 11.4. The van der Waals surface area contributed by atoms with E-state index in [1.54, 1.807) is 6.33 Å². The van der Waals surface area contributed by atoms with Crippen LogP contribution in [-0.2, 0) is 6.54 Å². The van der Waals surface area contributed by atoms with Crippen LogP contribution in [0.25, 0.3) is 11.2 Å². The molecule has 11 heteroatoms. The summed E-state index contributed by atoms with van der Waals surface area (Å²) in [5, 5.41) is 23.0. The molecule has 2 aromatic heterocycles. The van der Waals surface area contributed by atoms with Gasteiger partial charge in [0.2, 0.25) is 5.95 Å². The fourth-order valence-electron chi connectivity index (χ4n) is 2.92. The van der Waals surface area contributed by atoms with Gasteiger partial charge >= 0.3 is 0 Å². The van der Waals surface area contributed by atoms with Gasteiger partial charge in [0.05, 0.1) is 26.1 Å². The molecule has 0 aliphatic carbocycles. The number of nitrogens with zero attached hydrogens (tertiary/aromatic N) is 5. The Morgan fingerprint density at radius 3 is 2.67 bits per heavy atom. The minimum Gasteiger partial charge on any atom is -0.395 e. The van der Waals surface area contributed by atoms with E-state index in [4.69, 9.17) is 5.11 Å². The second-order valence-corrected chi connectivity index (χ2v) is 6.89. The monoisotopic (exact) mass is 421 g/mol. The molecule has 1 aromatic carbocycles. The summed E-state index contributed by atoms with van der Waals surface area (Å²) in [6.07, 6.45) is 1.64. The van der Waals surface area contributed by atoms with Crippen molar-refractivity contribution in [3.63, 3.8) is 0 Å². The smallest absolute Gasteiger partial charge is 0.244 e. The Morgan fingerprint density at radius 1 is 1.17 bits per heavy atom. The molecular formula is C19H25F2N7O2. The first-order valence-corrected chi connectivity index (χ1v) is 9.59. The second-order valence-electron chi connectivity index (χ2n) is 6.89. The number of fused-ring (bicyclic) bond motifs is 1. The van der Waals surface area contributed by atoms with Crippen molar-refractivity contribution < 1.29 is 19.0 Å². The van der Waals surface area contributed by atoms with Crippen molar-refractivity contribution in [3.8, 4) is 0 Å². The third kappa shape index (κ3) is 4.81. The number of hydrogen-bond donors (Lipinski definition) is 4. The van der Waals surface area contributed by atoms with Crippen LogP contribution in [0.3, 0.4) is 0 Å². The van der Waals surface area contributed by atoms with E-state index in [1.165, 1.54) is 5.01 Å². The zero-order valence-corrected chi connectivity index (χ0v) is 16.8. The van der Waals surface area contributed by atoms with Gasteiger partial charge in [-0.3, -0.25) is 5.01 Å². The van der Waals surface area contributed by atoms with Gasteiger partial charge in [-0.25, -0.2) is 19.2 Å². The summed E-state index contributed by atoms with van der Waals surface area (Å²) in [4.78, 5) is 13.4. The molecule has 0 fully saturated rings. The Labute approximate surface area is 172 Å².